The molecule has 4 atom stereocenters. The highest BCUT2D eigenvalue weighted by Gasteiger charge is 2.39. The molecule has 0 saturated heterocycles. The first-order chi connectivity index (χ1) is 8.17. The van der Waals surface area contributed by atoms with Crippen molar-refractivity contribution >= 4 is 0 Å². The Hall–Kier alpha value is -0.120. The standard InChI is InChI=1S/C14H27NO2/c1-11-4-3-5-12(8-11)17-13-6-7-14(9-13,10-16)15-2/h11-13,15-16H,3-10H2,1-2H3. The summed E-state index contributed by atoms with van der Waals surface area (Å²) in [5, 5.41) is 12.7. The van der Waals surface area contributed by atoms with E-state index in [1.165, 1.54) is 25.7 Å². The zero-order valence-electron chi connectivity index (χ0n) is 11.2. The van der Waals surface area contributed by atoms with E-state index in [1.54, 1.807) is 0 Å². The van der Waals surface area contributed by atoms with Crippen LogP contribution in [0.15, 0.2) is 0 Å². The van der Waals surface area contributed by atoms with Gasteiger partial charge in [0.05, 0.1) is 18.8 Å². The molecular weight excluding hydrogens is 214 g/mol. The Labute approximate surface area is 105 Å². The average molecular weight is 241 g/mol. The maximum absolute atomic E-state index is 9.46. The van der Waals surface area contributed by atoms with Gasteiger partial charge in [-0.15, -0.1) is 0 Å². The number of aliphatic hydroxyl groups is 1. The highest BCUT2D eigenvalue weighted by atomic mass is 16.5. The normalized spacial score (nSPS) is 42.9. The van der Waals surface area contributed by atoms with Crippen molar-refractivity contribution < 1.29 is 9.84 Å². The van der Waals surface area contributed by atoms with E-state index in [2.05, 4.69) is 12.2 Å². The van der Waals surface area contributed by atoms with Crippen molar-refractivity contribution in [2.24, 2.45) is 5.92 Å². The lowest BCUT2D eigenvalue weighted by Crippen LogP contribution is -2.44. The molecule has 4 unspecified atom stereocenters. The monoisotopic (exact) mass is 241 g/mol. The van der Waals surface area contributed by atoms with Crippen LogP contribution >= 0.6 is 0 Å². The number of rotatable bonds is 4. The van der Waals surface area contributed by atoms with Gasteiger partial charge in [0.25, 0.3) is 0 Å². The molecule has 0 spiro atoms. The van der Waals surface area contributed by atoms with Crippen LogP contribution in [0.2, 0.25) is 0 Å². The van der Waals surface area contributed by atoms with Crippen LogP contribution in [0.5, 0.6) is 0 Å². The van der Waals surface area contributed by atoms with E-state index in [0.29, 0.717) is 12.2 Å². The molecule has 2 aliphatic rings. The van der Waals surface area contributed by atoms with E-state index in [-0.39, 0.29) is 12.1 Å². The minimum absolute atomic E-state index is 0.0784. The number of ether oxygens (including phenoxy) is 1. The summed E-state index contributed by atoms with van der Waals surface area (Å²) in [5.41, 5.74) is -0.0784. The fraction of sp³-hybridized carbons (Fsp3) is 1.00. The van der Waals surface area contributed by atoms with E-state index in [0.717, 1.165) is 25.2 Å². The largest absolute Gasteiger partial charge is 0.394 e. The Morgan fingerprint density at radius 3 is 2.71 bits per heavy atom. The lowest BCUT2D eigenvalue weighted by atomic mass is 9.88. The minimum atomic E-state index is -0.0784. The predicted molar refractivity (Wildman–Crippen MR) is 69.0 cm³/mol. The first-order valence-corrected chi connectivity index (χ1v) is 7.13. The van der Waals surface area contributed by atoms with Crippen molar-refractivity contribution in [2.45, 2.75) is 69.6 Å². The molecule has 0 aliphatic heterocycles. The van der Waals surface area contributed by atoms with Gasteiger partial charge >= 0.3 is 0 Å². The SMILES string of the molecule is CNC1(CO)CCC(OC2CCCC(C)C2)C1. The molecule has 0 aromatic carbocycles. The Morgan fingerprint density at radius 2 is 2.12 bits per heavy atom. The van der Waals surface area contributed by atoms with E-state index in [9.17, 15) is 5.11 Å². The van der Waals surface area contributed by atoms with Gasteiger partial charge in [0.2, 0.25) is 0 Å². The maximum Gasteiger partial charge on any atom is 0.0614 e. The van der Waals surface area contributed by atoms with Crippen molar-refractivity contribution in [3.63, 3.8) is 0 Å². The van der Waals surface area contributed by atoms with Crippen molar-refractivity contribution in [1.82, 2.24) is 5.32 Å². The first kappa shape index (κ1) is 13.3. The van der Waals surface area contributed by atoms with Gasteiger partial charge in [-0.3, -0.25) is 0 Å². The fourth-order valence-electron chi connectivity index (χ4n) is 3.42. The lowest BCUT2D eigenvalue weighted by molar-refractivity contribution is -0.0393. The average Bonchev–Trinajstić information content (AvgIpc) is 2.73. The van der Waals surface area contributed by atoms with Gasteiger partial charge in [-0.1, -0.05) is 19.8 Å². The summed E-state index contributed by atoms with van der Waals surface area (Å²) in [4.78, 5) is 0. The van der Waals surface area contributed by atoms with Gasteiger partial charge in [0.1, 0.15) is 0 Å². The van der Waals surface area contributed by atoms with Gasteiger partial charge in [-0.05, 0) is 45.1 Å². The molecule has 2 aliphatic carbocycles. The molecule has 2 rings (SSSR count). The number of nitrogens with one attached hydrogen (secondary N) is 1. The second-order valence-corrected chi connectivity index (χ2v) is 6.08. The van der Waals surface area contributed by atoms with E-state index in [1.807, 2.05) is 7.05 Å². The summed E-state index contributed by atoms with van der Waals surface area (Å²) in [7, 11) is 1.95. The molecule has 0 radical (unpaired) electrons. The Balaban J connectivity index is 1.81. The van der Waals surface area contributed by atoms with Crippen LogP contribution in [0, 0.1) is 5.92 Å². The summed E-state index contributed by atoms with van der Waals surface area (Å²) in [6, 6.07) is 0. The molecule has 2 N–H and O–H groups in total. The fourth-order valence-corrected chi connectivity index (χ4v) is 3.42. The first-order valence-electron chi connectivity index (χ1n) is 7.13. The summed E-state index contributed by atoms with van der Waals surface area (Å²) in [5.74, 6) is 0.821. The second-order valence-electron chi connectivity index (χ2n) is 6.08. The number of hydrogen-bond donors (Lipinski definition) is 2. The molecule has 0 aromatic rings. The van der Waals surface area contributed by atoms with E-state index in [4.69, 9.17) is 4.74 Å². The van der Waals surface area contributed by atoms with Crippen LogP contribution in [-0.4, -0.2) is 36.5 Å². The van der Waals surface area contributed by atoms with Crippen LogP contribution in [0.3, 0.4) is 0 Å². The van der Waals surface area contributed by atoms with Gasteiger partial charge in [0.15, 0.2) is 0 Å². The smallest absolute Gasteiger partial charge is 0.0614 e. The van der Waals surface area contributed by atoms with Crippen molar-refractivity contribution in [3.05, 3.63) is 0 Å². The summed E-state index contributed by atoms with van der Waals surface area (Å²) < 4.78 is 6.23. The topological polar surface area (TPSA) is 41.5 Å². The Bertz CT molecular complexity index is 240. The molecule has 17 heavy (non-hydrogen) atoms. The molecule has 2 fully saturated rings. The molecule has 0 heterocycles. The second kappa shape index (κ2) is 5.68. The minimum Gasteiger partial charge on any atom is -0.394 e. The van der Waals surface area contributed by atoms with Crippen molar-refractivity contribution in [1.29, 1.82) is 0 Å². The zero-order valence-corrected chi connectivity index (χ0v) is 11.2. The van der Waals surface area contributed by atoms with Crippen LogP contribution in [0.25, 0.3) is 0 Å². The van der Waals surface area contributed by atoms with Crippen LogP contribution in [0.4, 0.5) is 0 Å². The van der Waals surface area contributed by atoms with Crippen LogP contribution < -0.4 is 5.32 Å². The third kappa shape index (κ3) is 3.21. The molecule has 0 bridgehead atoms. The molecule has 3 heteroatoms. The van der Waals surface area contributed by atoms with E-state index < -0.39 is 0 Å². The number of likely N-dealkylation sites (N-methyl/N-ethyl adjacent to an activating group) is 1. The summed E-state index contributed by atoms with van der Waals surface area (Å²) >= 11 is 0. The number of hydrogen-bond acceptors (Lipinski definition) is 3. The summed E-state index contributed by atoms with van der Waals surface area (Å²) in [6.45, 7) is 2.56. The van der Waals surface area contributed by atoms with Gasteiger partial charge in [-0.25, -0.2) is 0 Å². The molecule has 3 nitrogen and oxygen atoms in total. The van der Waals surface area contributed by atoms with Crippen molar-refractivity contribution in [2.75, 3.05) is 13.7 Å². The van der Waals surface area contributed by atoms with Crippen molar-refractivity contribution in [3.8, 4) is 0 Å². The van der Waals surface area contributed by atoms with Gasteiger partial charge in [0, 0.05) is 5.54 Å². The van der Waals surface area contributed by atoms with E-state index >= 15 is 0 Å². The number of aliphatic hydroxyl groups excluding tert-OH is 1. The molecular formula is C14H27NO2. The third-order valence-corrected chi connectivity index (χ3v) is 4.67. The molecule has 0 amide bonds. The predicted octanol–water partition coefficient (Wildman–Crippen LogP) is 2.08. The zero-order chi connectivity index (χ0) is 12.3. The molecule has 0 aromatic heterocycles. The molecule has 2 saturated carbocycles. The highest BCUT2D eigenvalue weighted by molar-refractivity contribution is 4.96. The summed E-state index contributed by atoms with van der Waals surface area (Å²) in [6.07, 6.45) is 9.04. The van der Waals surface area contributed by atoms with Gasteiger partial charge in [-0.2, -0.15) is 0 Å². The Morgan fingerprint density at radius 1 is 1.29 bits per heavy atom. The van der Waals surface area contributed by atoms with Crippen LogP contribution in [-0.2, 0) is 4.74 Å². The Kier molecular flexibility index (Phi) is 4.45. The van der Waals surface area contributed by atoms with Gasteiger partial charge < -0.3 is 15.2 Å². The third-order valence-electron chi connectivity index (χ3n) is 4.67. The maximum atomic E-state index is 9.46. The lowest BCUT2D eigenvalue weighted by Gasteiger charge is -2.30. The van der Waals surface area contributed by atoms with Crippen LogP contribution in [0.1, 0.15) is 51.9 Å². The quantitative estimate of drug-likeness (QED) is 0.792. The molecule has 100 valence electrons. The highest BCUT2D eigenvalue weighted by Crippen LogP contribution is 2.34.